The van der Waals surface area contributed by atoms with E-state index in [1.165, 1.54) is 0 Å². The third-order valence-corrected chi connectivity index (χ3v) is 3.67. The highest BCUT2D eigenvalue weighted by atomic mass is 16.2. The van der Waals surface area contributed by atoms with Crippen molar-refractivity contribution in [2.24, 2.45) is 5.73 Å². The number of aromatic nitrogens is 3. The SMILES string of the molecule is CN1CCC(N(C)C(=O)c2cn(CCN)nn2)CC1. The van der Waals surface area contributed by atoms with E-state index < -0.39 is 0 Å². The first-order valence-corrected chi connectivity index (χ1v) is 6.67. The van der Waals surface area contributed by atoms with Crippen LogP contribution >= 0.6 is 0 Å². The molecule has 1 aliphatic rings. The molecule has 0 saturated carbocycles. The van der Waals surface area contributed by atoms with Gasteiger partial charge in [-0.2, -0.15) is 0 Å². The number of piperidine rings is 1. The lowest BCUT2D eigenvalue weighted by Crippen LogP contribution is -2.44. The zero-order valence-corrected chi connectivity index (χ0v) is 11.6. The van der Waals surface area contributed by atoms with E-state index in [0.29, 0.717) is 24.8 Å². The summed E-state index contributed by atoms with van der Waals surface area (Å²) in [6.45, 7) is 3.13. The molecule has 0 spiro atoms. The average Bonchev–Trinajstić information content (AvgIpc) is 2.87. The second kappa shape index (κ2) is 6.12. The van der Waals surface area contributed by atoms with Gasteiger partial charge < -0.3 is 15.5 Å². The molecule has 1 amide bonds. The summed E-state index contributed by atoms with van der Waals surface area (Å²) in [7, 11) is 3.96. The van der Waals surface area contributed by atoms with Gasteiger partial charge in [0.2, 0.25) is 0 Å². The number of likely N-dealkylation sites (tertiary alicyclic amines) is 1. The number of hydrogen-bond donors (Lipinski definition) is 1. The fraction of sp³-hybridized carbons (Fsp3) is 0.750. The number of hydrogen-bond acceptors (Lipinski definition) is 5. The van der Waals surface area contributed by atoms with Crippen LogP contribution in [0, 0.1) is 0 Å². The van der Waals surface area contributed by atoms with Crippen LogP contribution in [-0.4, -0.2) is 70.5 Å². The van der Waals surface area contributed by atoms with E-state index in [4.69, 9.17) is 5.73 Å². The van der Waals surface area contributed by atoms with Crippen LogP contribution in [0.25, 0.3) is 0 Å². The molecule has 2 heterocycles. The summed E-state index contributed by atoms with van der Waals surface area (Å²) < 4.78 is 1.61. The van der Waals surface area contributed by atoms with E-state index in [9.17, 15) is 4.79 Å². The van der Waals surface area contributed by atoms with E-state index in [1.54, 1.807) is 15.8 Å². The molecule has 2 N–H and O–H groups in total. The Morgan fingerprint density at radius 2 is 2.21 bits per heavy atom. The molecule has 2 rings (SSSR count). The Bertz CT molecular complexity index is 424. The smallest absolute Gasteiger partial charge is 0.276 e. The molecule has 7 nitrogen and oxygen atoms in total. The van der Waals surface area contributed by atoms with Crippen LogP contribution in [0.3, 0.4) is 0 Å². The Morgan fingerprint density at radius 1 is 1.53 bits per heavy atom. The molecule has 7 heteroatoms. The molecular formula is C12H22N6O. The molecule has 1 aromatic rings. The van der Waals surface area contributed by atoms with Gasteiger partial charge in [0.05, 0.1) is 12.7 Å². The number of amides is 1. The zero-order chi connectivity index (χ0) is 13.8. The summed E-state index contributed by atoms with van der Waals surface area (Å²) in [5.41, 5.74) is 5.85. The molecule has 1 aromatic heterocycles. The average molecular weight is 266 g/mol. The van der Waals surface area contributed by atoms with Crippen LogP contribution in [0.1, 0.15) is 23.3 Å². The van der Waals surface area contributed by atoms with Gasteiger partial charge in [-0.25, -0.2) is 0 Å². The van der Waals surface area contributed by atoms with Crippen LogP contribution in [0.5, 0.6) is 0 Å². The summed E-state index contributed by atoms with van der Waals surface area (Å²) >= 11 is 0. The summed E-state index contributed by atoms with van der Waals surface area (Å²) in [4.78, 5) is 16.4. The number of carbonyl (C=O) groups is 1. The number of carbonyl (C=O) groups excluding carboxylic acids is 1. The van der Waals surface area contributed by atoms with Crippen molar-refractivity contribution < 1.29 is 4.79 Å². The topological polar surface area (TPSA) is 80.3 Å². The van der Waals surface area contributed by atoms with Crippen molar-refractivity contribution in [3.05, 3.63) is 11.9 Å². The molecule has 0 aliphatic carbocycles. The van der Waals surface area contributed by atoms with Gasteiger partial charge in [0.25, 0.3) is 5.91 Å². The second-order valence-electron chi connectivity index (χ2n) is 5.11. The maximum absolute atomic E-state index is 12.3. The predicted octanol–water partition coefficient (Wildman–Crippen LogP) is -0.597. The molecule has 1 aliphatic heterocycles. The monoisotopic (exact) mass is 266 g/mol. The van der Waals surface area contributed by atoms with Crippen molar-refractivity contribution in [1.29, 1.82) is 0 Å². The molecule has 1 saturated heterocycles. The van der Waals surface area contributed by atoms with Gasteiger partial charge in [-0.3, -0.25) is 9.48 Å². The largest absolute Gasteiger partial charge is 0.337 e. The summed E-state index contributed by atoms with van der Waals surface area (Å²) in [5, 5.41) is 7.82. The fourth-order valence-corrected chi connectivity index (χ4v) is 2.37. The fourth-order valence-electron chi connectivity index (χ4n) is 2.37. The summed E-state index contributed by atoms with van der Waals surface area (Å²) in [6, 6.07) is 0.295. The lowest BCUT2D eigenvalue weighted by atomic mass is 10.0. The Kier molecular flexibility index (Phi) is 4.49. The van der Waals surface area contributed by atoms with Crippen molar-refractivity contribution in [3.63, 3.8) is 0 Å². The van der Waals surface area contributed by atoms with Crippen molar-refractivity contribution in [1.82, 2.24) is 24.8 Å². The predicted molar refractivity (Wildman–Crippen MR) is 71.7 cm³/mol. The van der Waals surface area contributed by atoms with Crippen LogP contribution in [0.2, 0.25) is 0 Å². The highest BCUT2D eigenvalue weighted by Gasteiger charge is 2.26. The quantitative estimate of drug-likeness (QED) is 0.787. The molecule has 19 heavy (non-hydrogen) atoms. The summed E-state index contributed by atoms with van der Waals surface area (Å²) in [5.74, 6) is -0.0576. The molecular weight excluding hydrogens is 244 g/mol. The van der Waals surface area contributed by atoms with E-state index in [-0.39, 0.29) is 5.91 Å². The Morgan fingerprint density at radius 3 is 2.84 bits per heavy atom. The lowest BCUT2D eigenvalue weighted by molar-refractivity contribution is 0.0653. The highest BCUT2D eigenvalue weighted by molar-refractivity contribution is 5.91. The van der Waals surface area contributed by atoms with E-state index in [2.05, 4.69) is 22.3 Å². The van der Waals surface area contributed by atoms with Crippen molar-refractivity contribution >= 4 is 5.91 Å². The first-order chi connectivity index (χ1) is 9.11. The van der Waals surface area contributed by atoms with Crippen LogP contribution in [0.4, 0.5) is 0 Å². The lowest BCUT2D eigenvalue weighted by Gasteiger charge is -2.34. The van der Waals surface area contributed by atoms with E-state index in [1.807, 2.05) is 7.05 Å². The normalized spacial score (nSPS) is 17.6. The summed E-state index contributed by atoms with van der Waals surface area (Å²) in [6.07, 6.45) is 3.69. The van der Waals surface area contributed by atoms with Crippen LogP contribution in [-0.2, 0) is 6.54 Å². The molecule has 0 aromatic carbocycles. The molecule has 0 atom stereocenters. The number of nitrogens with two attached hydrogens (primary N) is 1. The maximum Gasteiger partial charge on any atom is 0.276 e. The third kappa shape index (κ3) is 3.30. The number of nitrogens with zero attached hydrogens (tertiary/aromatic N) is 5. The van der Waals surface area contributed by atoms with Gasteiger partial charge in [0, 0.05) is 19.6 Å². The van der Waals surface area contributed by atoms with Gasteiger partial charge >= 0.3 is 0 Å². The molecule has 1 fully saturated rings. The van der Waals surface area contributed by atoms with Crippen molar-refractivity contribution in [3.8, 4) is 0 Å². The van der Waals surface area contributed by atoms with Crippen molar-refractivity contribution in [2.75, 3.05) is 33.7 Å². The molecule has 0 unspecified atom stereocenters. The van der Waals surface area contributed by atoms with E-state index >= 15 is 0 Å². The molecule has 0 radical (unpaired) electrons. The minimum atomic E-state index is -0.0576. The van der Waals surface area contributed by atoms with Crippen molar-refractivity contribution in [2.45, 2.75) is 25.4 Å². The number of rotatable bonds is 4. The van der Waals surface area contributed by atoms with Gasteiger partial charge in [-0.05, 0) is 33.0 Å². The first kappa shape index (κ1) is 14.0. The maximum atomic E-state index is 12.3. The van der Waals surface area contributed by atoms with E-state index in [0.717, 1.165) is 25.9 Å². The zero-order valence-electron chi connectivity index (χ0n) is 11.6. The Balaban J connectivity index is 1.97. The minimum Gasteiger partial charge on any atom is -0.337 e. The van der Waals surface area contributed by atoms with Gasteiger partial charge in [0.15, 0.2) is 5.69 Å². The molecule has 106 valence electrons. The highest BCUT2D eigenvalue weighted by Crippen LogP contribution is 2.15. The standard InChI is InChI=1S/C12H22N6O/c1-16-6-3-10(4-7-16)17(2)12(19)11-9-18(8-5-13)15-14-11/h9-10H,3-8,13H2,1-2H3. The van der Waals surface area contributed by atoms with Gasteiger partial charge in [-0.15, -0.1) is 5.10 Å². The minimum absolute atomic E-state index is 0.0576. The van der Waals surface area contributed by atoms with Gasteiger partial charge in [0.1, 0.15) is 0 Å². The Labute approximate surface area is 113 Å². The van der Waals surface area contributed by atoms with Crippen LogP contribution < -0.4 is 5.73 Å². The third-order valence-electron chi connectivity index (χ3n) is 3.67. The second-order valence-corrected chi connectivity index (χ2v) is 5.11. The first-order valence-electron chi connectivity index (χ1n) is 6.67. The van der Waals surface area contributed by atoms with Gasteiger partial charge in [-0.1, -0.05) is 5.21 Å². The molecule has 0 bridgehead atoms. The van der Waals surface area contributed by atoms with Crippen LogP contribution in [0.15, 0.2) is 6.20 Å². The Hall–Kier alpha value is -1.47.